The number of ether oxygens (including phenoxy) is 2. The molecule has 18 heavy (non-hydrogen) atoms. The second-order valence-corrected chi connectivity index (χ2v) is 3.75. The van der Waals surface area contributed by atoms with E-state index >= 15 is 0 Å². The van der Waals surface area contributed by atoms with Crippen molar-refractivity contribution < 1.29 is 14.4 Å². The lowest BCUT2D eigenvalue weighted by molar-refractivity contribution is -0.384. The van der Waals surface area contributed by atoms with Gasteiger partial charge in [-0.3, -0.25) is 10.1 Å². The molecule has 0 radical (unpaired) electrons. The molecule has 7 nitrogen and oxygen atoms in total. The number of halogens is 1. The molecule has 0 unspecified atom stereocenters. The molecule has 1 heterocycles. The number of hydrogen-bond donors (Lipinski definition) is 1. The molecule has 0 aromatic heterocycles. The smallest absolute Gasteiger partial charge is 0.298 e. The van der Waals surface area contributed by atoms with Gasteiger partial charge in [-0.1, -0.05) is 0 Å². The number of benzene rings is 1. The third-order valence-corrected chi connectivity index (χ3v) is 2.51. The molecule has 0 aliphatic carbocycles. The van der Waals surface area contributed by atoms with Crippen LogP contribution in [0.2, 0.25) is 0 Å². The number of nitro groups is 1. The van der Waals surface area contributed by atoms with Crippen LogP contribution >= 0.6 is 11.6 Å². The van der Waals surface area contributed by atoms with Gasteiger partial charge in [0.15, 0.2) is 11.5 Å². The average molecular weight is 272 g/mol. The maximum absolute atomic E-state index is 10.9. The maximum Gasteiger partial charge on any atom is 0.298 e. The minimum Gasteiger partial charge on any atom is -0.486 e. The van der Waals surface area contributed by atoms with Crippen LogP contribution in [-0.4, -0.2) is 29.9 Å². The Morgan fingerprint density at radius 2 is 2.06 bits per heavy atom. The van der Waals surface area contributed by atoms with Crippen molar-refractivity contribution in [2.24, 2.45) is 10.7 Å². The molecule has 96 valence electrons. The third-order valence-electron chi connectivity index (χ3n) is 2.24. The first-order valence-corrected chi connectivity index (χ1v) is 5.62. The standard InChI is InChI=1S/C10H10ClN3O4/c11-5-10(12)13-6-3-8-9(18-2-1-17-8)4-7(6)14(15)16/h3-4H,1-2,5H2,(H2,12,13). The van der Waals surface area contributed by atoms with Crippen LogP contribution in [0, 0.1) is 10.1 Å². The summed E-state index contributed by atoms with van der Waals surface area (Å²) < 4.78 is 10.6. The van der Waals surface area contributed by atoms with Crippen molar-refractivity contribution in [2.45, 2.75) is 0 Å². The predicted molar refractivity (Wildman–Crippen MR) is 66.1 cm³/mol. The number of amidine groups is 1. The van der Waals surface area contributed by atoms with Crippen molar-refractivity contribution >= 4 is 28.8 Å². The molecule has 0 spiro atoms. The van der Waals surface area contributed by atoms with Gasteiger partial charge in [0, 0.05) is 6.07 Å². The monoisotopic (exact) mass is 271 g/mol. The van der Waals surface area contributed by atoms with E-state index in [2.05, 4.69) is 4.99 Å². The number of nitro benzene ring substituents is 1. The molecular weight excluding hydrogens is 262 g/mol. The normalized spacial score (nSPS) is 14.4. The molecule has 1 aliphatic heterocycles. The van der Waals surface area contributed by atoms with E-state index in [-0.39, 0.29) is 23.1 Å². The lowest BCUT2D eigenvalue weighted by Gasteiger charge is -2.18. The summed E-state index contributed by atoms with van der Waals surface area (Å²) in [6, 6.07) is 2.70. The number of fused-ring (bicyclic) bond motifs is 1. The fourth-order valence-electron chi connectivity index (χ4n) is 1.49. The number of alkyl halides is 1. The Kier molecular flexibility index (Phi) is 3.52. The van der Waals surface area contributed by atoms with Crippen LogP contribution in [0.5, 0.6) is 11.5 Å². The lowest BCUT2D eigenvalue weighted by Crippen LogP contribution is -2.16. The van der Waals surface area contributed by atoms with Crippen LogP contribution in [0.25, 0.3) is 0 Å². The second kappa shape index (κ2) is 5.09. The number of nitrogens with zero attached hydrogens (tertiary/aromatic N) is 2. The molecule has 0 fully saturated rings. The summed E-state index contributed by atoms with van der Waals surface area (Å²) in [5, 5.41) is 10.9. The maximum atomic E-state index is 10.9. The molecule has 0 amide bonds. The van der Waals surface area contributed by atoms with E-state index in [0.29, 0.717) is 24.7 Å². The summed E-state index contributed by atoms with van der Waals surface area (Å²) in [6.45, 7) is 0.746. The molecule has 1 aliphatic rings. The molecule has 0 bridgehead atoms. The minimum absolute atomic E-state index is 0.00834. The van der Waals surface area contributed by atoms with Crippen molar-refractivity contribution in [3.05, 3.63) is 22.2 Å². The van der Waals surface area contributed by atoms with Crippen molar-refractivity contribution in [1.82, 2.24) is 0 Å². The van der Waals surface area contributed by atoms with Gasteiger partial charge in [-0.05, 0) is 0 Å². The molecule has 2 N–H and O–H groups in total. The van der Waals surface area contributed by atoms with Gasteiger partial charge in [0.2, 0.25) is 0 Å². The summed E-state index contributed by atoms with van der Waals surface area (Å²) in [7, 11) is 0. The van der Waals surface area contributed by atoms with Gasteiger partial charge < -0.3 is 15.2 Å². The summed E-state index contributed by atoms with van der Waals surface area (Å²) in [5.41, 5.74) is 5.37. The Morgan fingerprint density at radius 3 is 2.61 bits per heavy atom. The van der Waals surface area contributed by atoms with Crippen LogP contribution < -0.4 is 15.2 Å². The van der Waals surface area contributed by atoms with Crippen LogP contribution in [0.3, 0.4) is 0 Å². The highest BCUT2D eigenvalue weighted by Crippen LogP contribution is 2.40. The van der Waals surface area contributed by atoms with Gasteiger partial charge in [-0.15, -0.1) is 11.6 Å². The Morgan fingerprint density at radius 1 is 1.44 bits per heavy atom. The van der Waals surface area contributed by atoms with Gasteiger partial charge in [-0.2, -0.15) is 0 Å². The van der Waals surface area contributed by atoms with E-state index in [4.69, 9.17) is 26.8 Å². The van der Waals surface area contributed by atoms with Crippen LogP contribution in [0.1, 0.15) is 0 Å². The molecular formula is C10H10ClN3O4. The average Bonchev–Trinajstić information content (AvgIpc) is 2.37. The van der Waals surface area contributed by atoms with E-state index < -0.39 is 4.92 Å². The van der Waals surface area contributed by atoms with Crippen molar-refractivity contribution in [3.8, 4) is 11.5 Å². The van der Waals surface area contributed by atoms with E-state index in [1.165, 1.54) is 12.1 Å². The Bertz CT molecular complexity index is 518. The van der Waals surface area contributed by atoms with Gasteiger partial charge in [0.05, 0.1) is 16.9 Å². The minimum atomic E-state index is -0.557. The SMILES string of the molecule is NC(CCl)=Nc1cc2c(cc1[N+](=O)[O-])OCCO2. The zero-order valence-electron chi connectivity index (χ0n) is 9.26. The number of aliphatic imine (C=N–C) groups is 1. The number of hydrogen-bond acceptors (Lipinski definition) is 5. The predicted octanol–water partition coefficient (Wildman–Crippen LogP) is 1.59. The first-order valence-electron chi connectivity index (χ1n) is 5.09. The van der Waals surface area contributed by atoms with Crippen molar-refractivity contribution in [1.29, 1.82) is 0 Å². The van der Waals surface area contributed by atoms with Crippen LogP contribution in [0.4, 0.5) is 11.4 Å². The highest BCUT2D eigenvalue weighted by Gasteiger charge is 2.22. The summed E-state index contributed by atoms with van der Waals surface area (Å²) in [5.74, 6) is 0.826. The molecule has 2 rings (SSSR count). The number of nitrogens with two attached hydrogens (primary N) is 1. The first kappa shape index (κ1) is 12.4. The van der Waals surface area contributed by atoms with E-state index in [9.17, 15) is 10.1 Å². The molecule has 0 saturated heterocycles. The van der Waals surface area contributed by atoms with Gasteiger partial charge in [-0.25, -0.2) is 4.99 Å². The van der Waals surface area contributed by atoms with E-state index in [1.807, 2.05) is 0 Å². The first-order chi connectivity index (χ1) is 8.61. The van der Waals surface area contributed by atoms with Crippen LogP contribution in [-0.2, 0) is 0 Å². The highest BCUT2D eigenvalue weighted by atomic mass is 35.5. The largest absolute Gasteiger partial charge is 0.486 e. The topological polar surface area (TPSA) is 100.0 Å². The number of rotatable bonds is 3. The second-order valence-electron chi connectivity index (χ2n) is 3.48. The quantitative estimate of drug-likeness (QED) is 0.296. The summed E-state index contributed by atoms with van der Waals surface area (Å²) in [4.78, 5) is 14.3. The summed E-state index contributed by atoms with van der Waals surface area (Å²) >= 11 is 5.50. The van der Waals surface area contributed by atoms with Crippen molar-refractivity contribution in [2.75, 3.05) is 19.1 Å². The fourth-order valence-corrected chi connectivity index (χ4v) is 1.55. The van der Waals surface area contributed by atoms with Gasteiger partial charge in [0.1, 0.15) is 24.7 Å². The molecule has 1 aromatic carbocycles. The lowest BCUT2D eigenvalue weighted by atomic mass is 10.2. The summed E-state index contributed by atoms with van der Waals surface area (Å²) in [6.07, 6.45) is 0. The zero-order chi connectivity index (χ0) is 13.1. The third kappa shape index (κ3) is 2.45. The highest BCUT2D eigenvalue weighted by molar-refractivity contribution is 6.28. The Labute approximate surface area is 107 Å². The van der Waals surface area contributed by atoms with Crippen molar-refractivity contribution in [3.63, 3.8) is 0 Å². The Balaban J connectivity index is 2.52. The molecule has 8 heteroatoms. The van der Waals surface area contributed by atoms with E-state index in [1.54, 1.807) is 0 Å². The molecule has 0 saturated carbocycles. The molecule has 0 atom stereocenters. The van der Waals surface area contributed by atoms with Gasteiger partial charge >= 0.3 is 0 Å². The van der Waals surface area contributed by atoms with E-state index in [0.717, 1.165) is 0 Å². The van der Waals surface area contributed by atoms with Gasteiger partial charge in [0.25, 0.3) is 5.69 Å². The zero-order valence-corrected chi connectivity index (χ0v) is 10.0. The fraction of sp³-hybridized carbons (Fsp3) is 0.300. The van der Waals surface area contributed by atoms with Crippen LogP contribution in [0.15, 0.2) is 17.1 Å². The Hall–Kier alpha value is -2.02. The molecule has 1 aromatic rings.